The maximum Gasteiger partial charge on any atom is 0.343 e. The molecule has 0 radical (unpaired) electrons. The quantitative estimate of drug-likeness (QED) is 0.845. The third-order valence-electron chi connectivity index (χ3n) is 3.34. The van der Waals surface area contributed by atoms with Crippen LogP contribution in [0.4, 0.5) is 10.1 Å². The number of nitrogens with zero attached hydrogens (tertiary/aromatic N) is 1. The van der Waals surface area contributed by atoms with Gasteiger partial charge >= 0.3 is 5.97 Å². The van der Waals surface area contributed by atoms with Crippen molar-refractivity contribution in [1.82, 2.24) is 4.90 Å². The van der Waals surface area contributed by atoms with E-state index >= 15 is 0 Å². The Morgan fingerprint density at radius 3 is 2.55 bits per heavy atom. The highest BCUT2D eigenvalue weighted by Crippen LogP contribution is 2.28. The number of carbonyl (C=O) groups is 2. The fourth-order valence-electron chi connectivity index (χ4n) is 2.25. The standard InChI is InChI=1S/C13H15FN2O5S/c1-22(20,21)15-10-5-3-2-4-9(10)11(17)16-7-6-13(14,8-16)12(18)19/h2-5,15H,6-8H2,1H3,(H,18,19). The number of rotatable bonds is 4. The smallest absolute Gasteiger partial charge is 0.343 e. The number of carbonyl (C=O) groups excluding carboxylic acids is 1. The molecule has 1 aliphatic rings. The predicted octanol–water partition coefficient (Wildman–Crippen LogP) is 0.697. The number of hydrogen-bond acceptors (Lipinski definition) is 4. The Morgan fingerprint density at radius 2 is 2.00 bits per heavy atom. The Kier molecular flexibility index (Phi) is 4.10. The van der Waals surface area contributed by atoms with Crippen LogP contribution in [0.15, 0.2) is 24.3 Å². The molecule has 1 aromatic rings. The van der Waals surface area contributed by atoms with Gasteiger partial charge in [0, 0.05) is 13.0 Å². The van der Waals surface area contributed by atoms with Crippen LogP contribution in [0.2, 0.25) is 0 Å². The number of sulfonamides is 1. The molecule has 1 amide bonds. The molecule has 1 atom stereocenters. The summed E-state index contributed by atoms with van der Waals surface area (Å²) in [7, 11) is -3.58. The van der Waals surface area contributed by atoms with E-state index in [1.165, 1.54) is 18.2 Å². The summed E-state index contributed by atoms with van der Waals surface area (Å²) in [6.07, 6.45) is 0.650. The molecule has 1 aliphatic heterocycles. The second kappa shape index (κ2) is 5.56. The first kappa shape index (κ1) is 16.2. The third kappa shape index (κ3) is 3.35. The molecule has 0 bridgehead atoms. The number of likely N-dealkylation sites (tertiary alicyclic amines) is 1. The molecule has 0 aliphatic carbocycles. The first-order chi connectivity index (χ1) is 10.1. The van der Waals surface area contributed by atoms with Crippen molar-refractivity contribution in [3.05, 3.63) is 29.8 Å². The number of anilines is 1. The normalized spacial score (nSPS) is 21.6. The number of carboxylic acids is 1. The van der Waals surface area contributed by atoms with Gasteiger partial charge in [0.1, 0.15) is 0 Å². The van der Waals surface area contributed by atoms with E-state index in [1.807, 2.05) is 0 Å². The van der Waals surface area contributed by atoms with E-state index in [0.29, 0.717) is 0 Å². The predicted molar refractivity (Wildman–Crippen MR) is 76.9 cm³/mol. The maximum atomic E-state index is 14.0. The molecule has 120 valence electrons. The number of nitrogens with one attached hydrogen (secondary N) is 1. The van der Waals surface area contributed by atoms with Crippen molar-refractivity contribution in [2.24, 2.45) is 0 Å². The molecular formula is C13H15FN2O5S. The SMILES string of the molecule is CS(=O)(=O)Nc1ccccc1C(=O)N1CCC(F)(C(=O)O)C1. The Morgan fingerprint density at radius 1 is 1.36 bits per heavy atom. The lowest BCUT2D eigenvalue weighted by Gasteiger charge is -2.19. The van der Waals surface area contributed by atoms with Gasteiger partial charge < -0.3 is 10.0 Å². The third-order valence-corrected chi connectivity index (χ3v) is 3.93. The summed E-state index contributed by atoms with van der Waals surface area (Å²) in [5, 5.41) is 8.85. The van der Waals surface area contributed by atoms with Crippen molar-refractivity contribution < 1.29 is 27.5 Å². The lowest BCUT2D eigenvalue weighted by molar-refractivity contribution is -0.149. The number of halogens is 1. The van der Waals surface area contributed by atoms with Gasteiger partial charge in [-0.2, -0.15) is 0 Å². The van der Waals surface area contributed by atoms with Crippen molar-refractivity contribution in [3.8, 4) is 0 Å². The minimum Gasteiger partial charge on any atom is -0.479 e. The van der Waals surface area contributed by atoms with Gasteiger partial charge in [0.25, 0.3) is 5.91 Å². The van der Waals surface area contributed by atoms with Gasteiger partial charge in [0.2, 0.25) is 15.7 Å². The van der Waals surface area contributed by atoms with Crippen molar-refractivity contribution in [1.29, 1.82) is 0 Å². The molecule has 1 unspecified atom stereocenters. The minimum absolute atomic E-state index is 0.0440. The maximum absolute atomic E-state index is 14.0. The average Bonchev–Trinajstić information content (AvgIpc) is 2.81. The molecule has 0 aromatic heterocycles. The molecule has 1 heterocycles. The van der Waals surface area contributed by atoms with Gasteiger partial charge in [0.15, 0.2) is 0 Å². The molecule has 1 saturated heterocycles. The van der Waals surface area contributed by atoms with Crippen LogP contribution in [0.1, 0.15) is 16.8 Å². The summed E-state index contributed by atoms with van der Waals surface area (Å²) in [4.78, 5) is 24.3. The number of alkyl halides is 1. The number of carboxylic acid groups (broad SMARTS) is 1. The topological polar surface area (TPSA) is 104 Å². The molecule has 9 heteroatoms. The second-order valence-corrected chi connectivity index (χ2v) is 6.92. The highest BCUT2D eigenvalue weighted by atomic mass is 32.2. The summed E-state index contributed by atoms with van der Waals surface area (Å²) >= 11 is 0. The van der Waals surface area contributed by atoms with Gasteiger partial charge in [-0.25, -0.2) is 17.6 Å². The van der Waals surface area contributed by atoms with Crippen LogP contribution in [0, 0.1) is 0 Å². The van der Waals surface area contributed by atoms with E-state index in [1.54, 1.807) is 6.07 Å². The molecule has 7 nitrogen and oxygen atoms in total. The zero-order chi connectivity index (χ0) is 16.5. The lowest BCUT2D eigenvalue weighted by Crippen LogP contribution is -2.39. The molecule has 1 aromatic carbocycles. The first-order valence-electron chi connectivity index (χ1n) is 6.41. The highest BCUT2D eigenvalue weighted by molar-refractivity contribution is 7.92. The number of hydrogen-bond donors (Lipinski definition) is 2. The monoisotopic (exact) mass is 330 g/mol. The van der Waals surface area contributed by atoms with Crippen molar-refractivity contribution >= 4 is 27.6 Å². The van der Waals surface area contributed by atoms with Crippen LogP contribution in [0.3, 0.4) is 0 Å². The Balaban J connectivity index is 2.26. The van der Waals surface area contributed by atoms with Gasteiger partial charge in [-0.05, 0) is 12.1 Å². The minimum atomic E-state index is -3.58. The van der Waals surface area contributed by atoms with Crippen LogP contribution in [0.25, 0.3) is 0 Å². The molecule has 2 rings (SSSR count). The summed E-state index contributed by atoms with van der Waals surface area (Å²) < 4.78 is 38.9. The number of benzene rings is 1. The van der Waals surface area contributed by atoms with Crippen LogP contribution in [-0.4, -0.2) is 55.3 Å². The van der Waals surface area contributed by atoms with Crippen LogP contribution < -0.4 is 4.72 Å². The fraction of sp³-hybridized carbons (Fsp3) is 0.385. The molecule has 0 saturated carbocycles. The van der Waals surface area contributed by atoms with Gasteiger partial charge in [-0.3, -0.25) is 9.52 Å². The number of aliphatic carboxylic acids is 1. The van der Waals surface area contributed by atoms with Gasteiger partial charge in [-0.1, -0.05) is 12.1 Å². The van der Waals surface area contributed by atoms with Crippen LogP contribution in [-0.2, 0) is 14.8 Å². The molecule has 1 fully saturated rings. The Hall–Kier alpha value is -2.16. The van der Waals surface area contributed by atoms with Crippen LogP contribution >= 0.6 is 0 Å². The highest BCUT2D eigenvalue weighted by Gasteiger charge is 2.47. The van der Waals surface area contributed by atoms with Gasteiger partial charge in [-0.15, -0.1) is 0 Å². The Bertz CT molecular complexity index is 721. The number of amides is 1. The van der Waals surface area contributed by atoms with Crippen molar-refractivity contribution in [2.45, 2.75) is 12.1 Å². The Labute approximate surface area is 126 Å². The zero-order valence-corrected chi connectivity index (χ0v) is 12.6. The largest absolute Gasteiger partial charge is 0.479 e. The molecular weight excluding hydrogens is 315 g/mol. The van der Waals surface area contributed by atoms with E-state index < -0.39 is 34.1 Å². The lowest BCUT2D eigenvalue weighted by atomic mass is 10.1. The molecule has 22 heavy (non-hydrogen) atoms. The zero-order valence-electron chi connectivity index (χ0n) is 11.7. The van der Waals surface area contributed by atoms with E-state index in [2.05, 4.69) is 4.72 Å². The van der Waals surface area contributed by atoms with E-state index in [9.17, 15) is 22.4 Å². The summed E-state index contributed by atoms with van der Waals surface area (Å²) in [5.74, 6) is -2.22. The van der Waals surface area contributed by atoms with Crippen molar-refractivity contribution in [3.63, 3.8) is 0 Å². The average molecular weight is 330 g/mol. The van der Waals surface area contributed by atoms with Crippen molar-refractivity contribution in [2.75, 3.05) is 24.1 Å². The summed E-state index contributed by atoms with van der Waals surface area (Å²) in [5.41, 5.74) is -2.35. The summed E-state index contributed by atoms with van der Waals surface area (Å²) in [6.45, 7) is -0.608. The second-order valence-electron chi connectivity index (χ2n) is 5.17. The first-order valence-corrected chi connectivity index (χ1v) is 8.30. The fourth-order valence-corrected chi connectivity index (χ4v) is 2.83. The van der Waals surface area contributed by atoms with E-state index in [-0.39, 0.29) is 24.2 Å². The van der Waals surface area contributed by atoms with Gasteiger partial charge in [0.05, 0.1) is 24.1 Å². The molecule has 0 spiro atoms. The molecule has 2 N–H and O–H groups in total. The van der Waals surface area contributed by atoms with E-state index in [4.69, 9.17) is 5.11 Å². The summed E-state index contributed by atoms with van der Waals surface area (Å²) in [6, 6.07) is 5.89. The number of para-hydroxylation sites is 1. The van der Waals surface area contributed by atoms with E-state index in [0.717, 1.165) is 11.2 Å². The van der Waals surface area contributed by atoms with Crippen LogP contribution in [0.5, 0.6) is 0 Å².